The van der Waals surface area contributed by atoms with Crippen molar-refractivity contribution >= 4 is 0 Å². The summed E-state index contributed by atoms with van der Waals surface area (Å²) in [5.41, 5.74) is 1.72. The van der Waals surface area contributed by atoms with Crippen LogP contribution in [-0.4, -0.2) is 17.3 Å². The molecule has 2 unspecified atom stereocenters. The third kappa shape index (κ3) is 2.41. The minimum Gasteiger partial charge on any atom is -0.388 e. The molecule has 3 rings (SSSR count). The number of aliphatic hydroxyl groups excluding tert-OH is 1. The molecule has 1 saturated heterocycles. The van der Waals surface area contributed by atoms with Crippen LogP contribution in [0.5, 0.6) is 0 Å². The first-order valence-electron chi connectivity index (χ1n) is 7.18. The third-order valence-corrected chi connectivity index (χ3v) is 4.80. The molecular weight excluding hydrogens is 243 g/mol. The van der Waals surface area contributed by atoms with Gasteiger partial charge in [0.05, 0.1) is 11.7 Å². The van der Waals surface area contributed by atoms with E-state index < -0.39 is 6.10 Å². The number of aryl methyl sites for hydroxylation is 1. The lowest BCUT2D eigenvalue weighted by atomic mass is 9.70. The van der Waals surface area contributed by atoms with Crippen LogP contribution >= 0.6 is 0 Å². The van der Waals surface area contributed by atoms with Crippen molar-refractivity contribution in [3.05, 3.63) is 35.1 Å². The SMILES string of the molecule is Cc1ccc(F)cc1C(O)C1CCOC2(CCC2)C1. The summed E-state index contributed by atoms with van der Waals surface area (Å²) in [7, 11) is 0. The highest BCUT2D eigenvalue weighted by Crippen LogP contribution is 2.47. The van der Waals surface area contributed by atoms with E-state index >= 15 is 0 Å². The molecule has 19 heavy (non-hydrogen) atoms. The predicted octanol–water partition coefficient (Wildman–Crippen LogP) is 3.52. The lowest BCUT2D eigenvalue weighted by Gasteiger charge is -2.48. The normalized spacial score (nSPS) is 27.0. The predicted molar refractivity (Wildman–Crippen MR) is 71.4 cm³/mol. The Kier molecular flexibility index (Phi) is 3.35. The Morgan fingerprint density at radius 3 is 2.89 bits per heavy atom. The van der Waals surface area contributed by atoms with Crippen molar-refractivity contribution in [2.24, 2.45) is 5.92 Å². The minimum atomic E-state index is -0.572. The average Bonchev–Trinajstić information content (AvgIpc) is 2.39. The molecule has 1 aliphatic heterocycles. The van der Waals surface area contributed by atoms with Crippen LogP contribution in [0, 0.1) is 18.7 Å². The molecular formula is C16H21FO2. The summed E-state index contributed by atoms with van der Waals surface area (Å²) in [5, 5.41) is 10.6. The van der Waals surface area contributed by atoms with Crippen molar-refractivity contribution in [3.63, 3.8) is 0 Å². The first-order valence-corrected chi connectivity index (χ1v) is 7.18. The molecule has 0 bridgehead atoms. The Balaban J connectivity index is 1.79. The van der Waals surface area contributed by atoms with E-state index in [9.17, 15) is 9.50 Å². The maximum absolute atomic E-state index is 13.4. The summed E-state index contributed by atoms with van der Waals surface area (Å²) in [4.78, 5) is 0. The van der Waals surface area contributed by atoms with Gasteiger partial charge in [0.25, 0.3) is 0 Å². The summed E-state index contributed by atoms with van der Waals surface area (Å²) >= 11 is 0. The van der Waals surface area contributed by atoms with Gasteiger partial charge in [-0.05, 0) is 68.2 Å². The standard InChI is InChI=1S/C16H21FO2/c1-11-3-4-13(17)9-14(11)15(18)12-5-8-19-16(10-12)6-2-7-16/h3-4,9,12,15,18H,2,5-8,10H2,1H3. The minimum absolute atomic E-state index is 0.0190. The van der Waals surface area contributed by atoms with Crippen molar-refractivity contribution in [3.8, 4) is 0 Å². The molecule has 2 nitrogen and oxygen atoms in total. The van der Waals surface area contributed by atoms with Gasteiger partial charge in [-0.1, -0.05) is 6.07 Å². The molecule has 0 radical (unpaired) electrons. The van der Waals surface area contributed by atoms with Crippen LogP contribution < -0.4 is 0 Å². The molecule has 1 N–H and O–H groups in total. The van der Waals surface area contributed by atoms with Crippen LogP contribution in [0.2, 0.25) is 0 Å². The third-order valence-electron chi connectivity index (χ3n) is 4.80. The van der Waals surface area contributed by atoms with Gasteiger partial charge in [0, 0.05) is 6.61 Å². The van der Waals surface area contributed by atoms with Crippen molar-refractivity contribution in [2.75, 3.05) is 6.61 Å². The van der Waals surface area contributed by atoms with Gasteiger partial charge in [-0.2, -0.15) is 0 Å². The zero-order valence-electron chi connectivity index (χ0n) is 11.4. The maximum atomic E-state index is 13.4. The van der Waals surface area contributed by atoms with E-state index in [0.717, 1.165) is 43.4 Å². The van der Waals surface area contributed by atoms with Crippen molar-refractivity contribution in [1.82, 2.24) is 0 Å². The van der Waals surface area contributed by atoms with Crippen molar-refractivity contribution in [1.29, 1.82) is 0 Å². The van der Waals surface area contributed by atoms with Crippen LogP contribution in [0.3, 0.4) is 0 Å². The van der Waals surface area contributed by atoms with E-state index in [0.29, 0.717) is 0 Å². The number of aliphatic hydroxyl groups is 1. The molecule has 104 valence electrons. The number of hydrogen-bond donors (Lipinski definition) is 1. The van der Waals surface area contributed by atoms with Crippen LogP contribution in [0.15, 0.2) is 18.2 Å². The van der Waals surface area contributed by atoms with Gasteiger partial charge in [-0.15, -0.1) is 0 Å². The van der Waals surface area contributed by atoms with Gasteiger partial charge in [0.1, 0.15) is 5.82 Å². The van der Waals surface area contributed by atoms with E-state index in [1.807, 2.05) is 6.92 Å². The molecule has 0 amide bonds. The molecule has 3 heteroatoms. The zero-order chi connectivity index (χ0) is 13.5. The van der Waals surface area contributed by atoms with Crippen LogP contribution in [0.4, 0.5) is 4.39 Å². The number of benzene rings is 1. The molecule has 2 atom stereocenters. The zero-order valence-corrected chi connectivity index (χ0v) is 11.4. The number of ether oxygens (including phenoxy) is 1. The summed E-state index contributed by atoms with van der Waals surface area (Å²) in [6.07, 6.45) is 4.64. The average molecular weight is 264 g/mol. The second-order valence-corrected chi connectivity index (χ2v) is 6.08. The number of halogens is 1. The van der Waals surface area contributed by atoms with Crippen LogP contribution in [0.25, 0.3) is 0 Å². The van der Waals surface area contributed by atoms with Gasteiger partial charge >= 0.3 is 0 Å². The van der Waals surface area contributed by atoms with E-state index in [4.69, 9.17) is 4.74 Å². The van der Waals surface area contributed by atoms with Crippen molar-refractivity contribution in [2.45, 2.75) is 50.7 Å². The van der Waals surface area contributed by atoms with E-state index in [2.05, 4.69) is 0 Å². The monoisotopic (exact) mass is 264 g/mol. The summed E-state index contributed by atoms with van der Waals surface area (Å²) in [6.45, 7) is 2.65. The smallest absolute Gasteiger partial charge is 0.123 e. The van der Waals surface area contributed by atoms with Gasteiger partial charge < -0.3 is 9.84 Å². The first kappa shape index (κ1) is 13.1. The van der Waals surface area contributed by atoms with Crippen LogP contribution in [0.1, 0.15) is 49.3 Å². The Labute approximate surface area is 113 Å². The van der Waals surface area contributed by atoms with Gasteiger partial charge in [-0.25, -0.2) is 4.39 Å². The van der Waals surface area contributed by atoms with Gasteiger partial charge in [0.15, 0.2) is 0 Å². The molecule has 1 saturated carbocycles. The highest BCUT2D eigenvalue weighted by molar-refractivity contribution is 5.29. The lowest BCUT2D eigenvalue weighted by Crippen LogP contribution is -2.46. The second kappa shape index (κ2) is 4.88. The first-order chi connectivity index (χ1) is 9.10. The largest absolute Gasteiger partial charge is 0.388 e. The van der Waals surface area contributed by atoms with E-state index in [1.165, 1.54) is 18.6 Å². The van der Waals surface area contributed by atoms with Gasteiger partial charge in [0.2, 0.25) is 0 Å². The Hall–Kier alpha value is -0.930. The van der Waals surface area contributed by atoms with Crippen LogP contribution in [-0.2, 0) is 4.74 Å². The summed E-state index contributed by atoms with van der Waals surface area (Å²) in [5.74, 6) is -0.0837. The topological polar surface area (TPSA) is 29.5 Å². The molecule has 1 aliphatic carbocycles. The van der Waals surface area contributed by atoms with Crippen molar-refractivity contribution < 1.29 is 14.2 Å². The fourth-order valence-corrected chi connectivity index (χ4v) is 3.44. The summed E-state index contributed by atoms with van der Waals surface area (Å²) in [6, 6.07) is 4.66. The maximum Gasteiger partial charge on any atom is 0.123 e. The fourth-order valence-electron chi connectivity index (χ4n) is 3.44. The molecule has 1 aromatic rings. The summed E-state index contributed by atoms with van der Waals surface area (Å²) < 4.78 is 19.3. The highest BCUT2D eigenvalue weighted by atomic mass is 19.1. The number of rotatable bonds is 2. The fraction of sp³-hybridized carbons (Fsp3) is 0.625. The molecule has 1 aromatic carbocycles. The Bertz CT molecular complexity index is 468. The van der Waals surface area contributed by atoms with E-state index in [1.54, 1.807) is 6.07 Å². The molecule has 1 spiro atoms. The van der Waals surface area contributed by atoms with E-state index in [-0.39, 0.29) is 17.3 Å². The molecule has 2 fully saturated rings. The Morgan fingerprint density at radius 2 is 2.21 bits per heavy atom. The quantitative estimate of drug-likeness (QED) is 0.885. The Morgan fingerprint density at radius 1 is 1.42 bits per heavy atom. The molecule has 1 heterocycles. The number of hydrogen-bond acceptors (Lipinski definition) is 2. The lowest BCUT2D eigenvalue weighted by molar-refractivity contribution is -0.157. The molecule has 2 aliphatic rings. The highest BCUT2D eigenvalue weighted by Gasteiger charge is 2.44. The van der Waals surface area contributed by atoms with Gasteiger partial charge in [-0.3, -0.25) is 0 Å². The second-order valence-electron chi connectivity index (χ2n) is 6.08. The molecule has 0 aromatic heterocycles.